The molecule has 0 aromatic carbocycles. The molecule has 2 aliphatic heterocycles. The quantitative estimate of drug-likeness (QED) is 0.725. The van der Waals surface area contributed by atoms with Crippen molar-refractivity contribution in [1.82, 2.24) is 24.6 Å². The standard InChI is InChI=1S/C15H21N5O4/c1-11-9-12(17(2)16-11)10-18-5-7-19(8-6-18)15(23)24-20-13(21)3-4-14(20)22/h9H,3-8,10H2,1-2H3. The minimum absolute atomic E-state index is 0.101. The zero-order valence-corrected chi connectivity index (χ0v) is 13.9. The maximum Gasteiger partial charge on any atom is 0.434 e. The number of carbonyl (C=O) groups excluding carboxylic acids is 3. The molecule has 9 nitrogen and oxygen atoms in total. The molecule has 0 atom stereocenters. The van der Waals surface area contributed by atoms with Gasteiger partial charge in [0.15, 0.2) is 0 Å². The molecule has 0 N–H and O–H groups in total. The summed E-state index contributed by atoms with van der Waals surface area (Å²) in [6, 6.07) is 2.05. The molecule has 3 heterocycles. The smallest absolute Gasteiger partial charge is 0.311 e. The van der Waals surface area contributed by atoms with Gasteiger partial charge < -0.3 is 9.74 Å². The molecule has 1 aromatic heterocycles. The van der Waals surface area contributed by atoms with Crippen LogP contribution in [0.4, 0.5) is 4.79 Å². The SMILES string of the molecule is Cc1cc(CN2CCN(C(=O)ON3C(=O)CCC3=O)CC2)n(C)n1. The predicted molar refractivity (Wildman–Crippen MR) is 82.4 cm³/mol. The Morgan fingerprint density at radius 1 is 1.17 bits per heavy atom. The van der Waals surface area contributed by atoms with E-state index in [1.54, 1.807) is 0 Å². The Kier molecular flexibility index (Phi) is 4.52. The number of hydrogen-bond acceptors (Lipinski definition) is 6. The van der Waals surface area contributed by atoms with Gasteiger partial charge in [-0.2, -0.15) is 5.10 Å². The van der Waals surface area contributed by atoms with Crippen LogP contribution in [0.1, 0.15) is 24.2 Å². The third-order valence-corrected chi connectivity index (χ3v) is 4.29. The number of carbonyl (C=O) groups is 3. The average molecular weight is 335 g/mol. The summed E-state index contributed by atoms with van der Waals surface area (Å²) >= 11 is 0. The molecule has 3 amide bonds. The zero-order valence-electron chi connectivity index (χ0n) is 13.9. The first kappa shape index (κ1) is 16.4. The lowest BCUT2D eigenvalue weighted by Crippen LogP contribution is -2.50. The first-order valence-corrected chi connectivity index (χ1v) is 7.98. The predicted octanol–water partition coefficient (Wildman–Crippen LogP) is 0.0467. The summed E-state index contributed by atoms with van der Waals surface area (Å²) in [5.41, 5.74) is 2.10. The number of hydrogen-bond donors (Lipinski definition) is 0. The molecule has 2 fully saturated rings. The molecule has 130 valence electrons. The fraction of sp³-hybridized carbons (Fsp3) is 0.600. The molecule has 1 aromatic rings. The molecule has 0 aliphatic carbocycles. The summed E-state index contributed by atoms with van der Waals surface area (Å²) in [6.45, 7) is 5.10. The summed E-state index contributed by atoms with van der Waals surface area (Å²) in [6.07, 6.45) is -0.441. The number of piperazine rings is 1. The van der Waals surface area contributed by atoms with Gasteiger partial charge in [0.05, 0.1) is 11.4 Å². The Bertz CT molecular complexity index is 647. The van der Waals surface area contributed by atoms with Crippen molar-refractivity contribution in [3.8, 4) is 0 Å². The van der Waals surface area contributed by atoms with E-state index in [9.17, 15) is 14.4 Å². The van der Waals surface area contributed by atoms with Crippen LogP contribution < -0.4 is 0 Å². The van der Waals surface area contributed by atoms with E-state index in [-0.39, 0.29) is 12.8 Å². The lowest BCUT2D eigenvalue weighted by atomic mass is 10.3. The Balaban J connectivity index is 1.49. The molecule has 3 rings (SSSR count). The van der Waals surface area contributed by atoms with Crippen molar-refractivity contribution in [2.24, 2.45) is 7.05 Å². The van der Waals surface area contributed by atoms with Crippen LogP contribution in [0.15, 0.2) is 6.07 Å². The molecule has 0 unspecified atom stereocenters. The first-order valence-electron chi connectivity index (χ1n) is 7.98. The van der Waals surface area contributed by atoms with Crippen molar-refractivity contribution in [2.45, 2.75) is 26.3 Å². The summed E-state index contributed by atoms with van der Waals surface area (Å²) < 4.78 is 1.86. The highest BCUT2D eigenvalue weighted by molar-refractivity contribution is 6.01. The van der Waals surface area contributed by atoms with E-state index in [0.717, 1.165) is 17.9 Å². The van der Waals surface area contributed by atoms with E-state index in [1.807, 2.05) is 24.7 Å². The number of aromatic nitrogens is 2. The second kappa shape index (κ2) is 6.60. The fourth-order valence-corrected chi connectivity index (χ4v) is 2.92. The van der Waals surface area contributed by atoms with Gasteiger partial charge in [-0.3, -0.25) is 19.2 Å². The van der Waals surface area contributed by atoms with Gasteiger partial charge in [-0.1, -0.05) is 0 Å². The van der Waals surface area contributed by atoms with Gasteiger partial charge in [0.25, 0.3) is 11.8 Å². The molecule has 0 bridgehead atoms. The summed E-state index contributed by atoms with van der Waals surface area (Å²) in [5, 5.41) is 4.92. The average Bonchev–Trinajstić information content (AvgIpc) is 3.03. The highest BCUT2D eigenvalue weighted by atomic mass is 16.7. The molecule has 0 spiro atoms. The fourth-order valence-electron chi connectivity index (χ4n) is 2.92. The second-order valence-corrected chi connectivity index (χ2v) is 6.10. The van der Waals surface area contributed by atoms with Gasteiger partial charge in [-0.05, 0) is 13.0 Å². The summed E-state index contributed by atoms with van der Waals surface area (Å²) in [5.74, 6) is -0.919. The number of aryl methyl sites for hydroxylation is 2. The Morgan fingerprint density at radius 3 is 2.33 bits per heavy atom. The third kappa shape index (κ3) is 3.40. The third-order valence-electron chi connectivity index (χ3n) is 4.29. The van der Waals surface area contributed by atoms with E-state index in [1.165, 1.54) is 4.90 Å². The van der Waals surface area contributed by atoms with Gasteiger partial charge >= 0.3 is 6.09 Å². The molecule has 9 heteroatoms. The van der Waals surface area contributed by atoms with Crippen molar-refractivity contribution in [1.29, 1.82) is 0 Å². The van der Waals surface area contributed by atoms with Crippen LogP contribution in [-0.2, 0) is 28.0 Å². The van der Waals surface area contributed by atoms with E-state index in [2.05, 4.69) is 10.00 Å². The highest BCUT2D eigenvalue weighted by Gasteiger charge is 2.34. The first-order chi connectivity index (χ1) is 11.4. The molecule has 2 aliphatic rings. The number of imide groups is 1. The van der Waals surface area contributed by atoms with Crippen LogP contribution in [0.5, 0.6) is 0 Å². The number of rotatable bonds is 3. The van der Waals surface area contributed by atoms with Crippen LogP contribution in [0, 0.1) is 6.92 Å². The minimum Gasteiger partial charge on any atom is -0.311 e. The molecule has 2 saturated heterocycles. The monoisotopic (exact) mass is 335 g/mol. The Labute approximate surface area is 139 Å². The minimum atomic E-state index is -0.644. The van der Waals surface area contributed by atoms with Gasteiger partial charge in [-0.25, -0.2) is 4.79 Å². The topological polar surface area (TPSA) is 88.0 Å². The number of nitrogens with zero attached hydrogens (tertiary/aromatic N) is 5. The number of amides is 3. The van der Waals surface area contributed by atoms with Crippen molar-refractivity contribution in [3.63, 3.8) is 0 Å². The van der Waals surface area contributed by atoms with Gasteiger partial charge in [0, 0.05) is 52.6 Å². The van der Waals surface area contributed by atoms with E-state index < -0.39 is 17.9 Å². The van der Waals surface area contributed by atoms with Crippen molar-refractivity contribution in [2.75, 3.05) is 26.2 Å². The maximum atomic E-state index is 12.1. The van der Waals surface area contributed by atoms with Gasteiger partial charge in [-0.15, -0.1) is 5.06 Å². The largest absolute Gasteiger partial charge is 0.434 e. The summed E-state index contributed by atoms with van der Waals surface area (Å²) in [4.78, 5) is 43.7. The second-order valence-electron chi connectivity index (χ2n) is 6.10. The summed E-state index contributed by atoms with van der Waals surface area (Å²) in [7, 11) is 1.92. The Morgan fingerprint density at radius 2 is 1.79 bits per heavy atom. The highest BCUT2D eigenvalue weighted by Crippen LogP contribution is 2.15. The van der Waals surface area contributed by atoms with Crippen LogP contribution >= 0.6 is 0 Å². The normalized spacial score (nSPS) is 19.2. The lowest BCUT2D eigenvalue weighted by Gasteiger charge is -2.34. The van der Waals surface area contributed by atoms with Crippen LogP contribution in [0.2, 0.25) is 0 Å². The zero-order chi connectivity index (χ0) is 17.3. The molecular formula is C15H21N5O4. The molecular weight excluding hydrogens is 314 g/mol. The van der Waals surface area contributed by atoms with E-state index in [0.29, 0.717) is 31.2 Å². The Hall–Kier alpha value is -2.42. The maximum absolute atomic E-state index is 12.1. The van der Waals surface area contributed by atoms with Crippen molar-refractivity contribution >= 4 is 17.9 Å². The number of hydroxylamine groups is 2. The molecule has 0 radical (unpaired) electrons. The van der Waals surface area contributed by atoms with Crippen molar-refractivity contribution < 1.29 is 19.2 Å². The van der Waals surface area contributed by atoms with Crippen LogP contribution in [0.25, 0.3) is 0 Å². The molecule has 0 saturated carbocycles. The lowest BCUT2D eigenvalue weighted by molar-refractivity contribution is -0.174. The van der Waals surface area contributed by atoms with Crippen molar-refractivity contribution in [3.05, 3.63) is 17.5 Å². The van der Waals surface area contributed by atoms with Crippen LogP contribution in [0.3, 0.4) is 0 Å². The van der Waals surface area contributed by atoms with Gasteiger partial charge in [0.2, 0.25) is 0 Å². The van der Waals surface area contributed by atoms with E-state index in [4.69, 9.17) is 4.84 Å². The van der Waals surface area contributed by atoms with Gasteiger partial charge in [0.1, 0.15) is 0 Å². The molecule has 24 heavy (non-hydrogen) atoms. The van der Waals surface area contributed by atoms with Crippen LogP contribution in [-0.4, -0.2) is 68.7 Å². The van der Waals surface area contributed by atoms with E-state index >= 15 is 0 Å².